The molecule has 86 valence electrons. The van der Waals surface area contributed by atoms with Crippen molar-refractivity contribution in [3.63, 3.8) is 0 Å². The fourth-order valence-electron chi connectivity index (χ4n) is 1.23. The van der Waals surface area contributed by atoms with Gasteiger partial charge in [0.15, 0.2) is 23.0 Å². The molecule has 0 bridgehead atoms. The maximum Gasteiger partial charge on any atom is 0.182 e. The van der Waals surface area contributed by atoms with Crippen LogP contribution in [0.4, 0.5) is 8.78 Å². The highest BCUT2D eigenvalue weighted by Crippen LogP contribution is 2.16. The second-order valence-electron chi connectivity index (χ2n) is 2.94. The van der Waals surface area contributed by atoms with Crippen LogP contribution in [-0.4, -0.2) is 18.4 Å². The molecule has 16 heavy (non-hydrogen) atoms. The van der Waals surface area contributed by atoms with E-state index in [2.05, 4.69) is 27.5 Å². The summed E-state index contributed by atoms with van der Waals surface area (Å²) in [6.07, 6.45) is 0. The van der Waals surface area contributed by atoms with Gasteiger partial charge in [-0.25, -0.2) is 14.3 Å². The molecule has 0 heterocycles. The number of amidine groups is 1. The number of rotatable bonds is 3. The molecule has 0 saturated carbocycles. The Bertz CT molecular complexity index is 435. The topological polar surface area (TPSA) is 33.6 Å². The molecular formula is C10H10F2N2OS. The van der Waals surface area contributed by atoms with Gasteiger partial charge in [0.1, 0.15) is 0 Å². The monoisotopic (exact) mass is 244 g/mol. The molecule has 0 aliphatic rings. The predicted molar refractivity (Wildman–Crippen MR) is 61.4 cm³/mol. The molecule has 0 unspecified atom stereocenters. The highest BCUT2D eigenvalue weighted by atomic mass is 32.1. The zero-order valence-electron chi connectivity index (χ0n) is 8.75. The van der Waals surface area contributed by atoms with E-state index in [0.717, 1.165) is 11.6 Å². The van der Waals surface area contributed by atoms with Crippen molar-refractivity contribution in [3.05, 3.63) is 34.9 Å². The molecule has 0 spiro atoms. The van der Waals surface area contributed by atoms with Crippen LogP contribution in [-0.2, 0) is 4.84 Å². The number of thiocarbonyl (C=S) groups is 1. The Morgan fingerprint density at radius 2 is 2.19 bits per heavy atom. The van der Waals surface area contributed by atoms with Crippen LogP contribution < -0.4 is 5.48 Å². The van der Waals surface area contributed by atoms with Crippen LogP contribution >= 0.6 is 12.2 Å². The summed E-state index contributed by atoms with van der Waals surface area (Å²) >= 11 is 4.43. The molecule has 3 nitrogen and oxygen atoms in total. The van der Waals surface area contributed by atoms with Crippen molar-refractivity contribution in [2.45, 2.75) is 6.92 Å². The van der Waals surface area contributed by atoms with E-state index in [4.69, 9.17) is 0 Å². The van der Waals surface area contributed by atoms with Gasteiger partial charge in [0.2, 0.25) is 0 Å². The van der Waals surface area contributed by atoms with Gasteiger partial charge in [-0.2, -0.15) is 0 Å². The van der Waals surface area contributed by atoms with Crippen molar-refractivity contribution in [2.75, 3.05) is 7.05 Å². The number of hydrogen-bond donors (Lipinski definition) is 1. The number of hydroxylamine groups is 1. The Morgan fingerprint density at radius 3 is 2.75 bits per heavy atom. The normalized spacial score (nSPS) is 11.1. The molecule has 0 aromatic heterocycles. The van der Waals surface area contributed by atoms with Crippen LogP contribution in [0.3, 0.4) is 0 Å². The number of nitrogens with zero attached hydrogens (tertiary/aromatic N) is 1. The molecule has 1 rings (SSSR count). The lowest BCUT2D eigenvalue weighted by Gasteiger charge is -2.11. The lowest BCUT2D eigenvalue weighted by atomic mass is 10.1. The summed E-state index contributed by atoms with van der Waals surface area (Å²) in [5.41, 5.74) is 3.85. The number of halogens is 2. The molecule has 1 aromatic rings. The molecule has 0 radical (unpaired) electrons. The van der Waals surface area contributed by atoms with Crippen LogP contribution in [0.15, 0.2) is 17.1 Å². The summed E-state index contributed by atoms with van der Waals surface area (Å²) < 4.78 is 26.6. The van der Waals surface area contributed by atoms with Gasteiger partial charge in [-0.05, 0) is 30.8 Å². The number of hydrogen-bond acceptors (Lipinski definition) is 3. The van der Waals surface area contributed by atoms with Gasteiger partial charge in [-0.1, -0.05) is 6.07 Å². The molecule has 1 aromatic carbocycles. The van der Waals surface area contributed by atoms with Crippen molar-refractivity contribution in [2.24, 2.45) is 4.99 Å². The van der Waals surface area contributed by atoms with Gasteiger partial charge in [0.25, 0.3) is 0 Å². The molecule has 0 fully saturated rings. The first-order valence-electron chi connectivity index (χ1n) is 4.38. The van der Waals surface area contributed by atoms with Gasteiger partial charge in [-0.3, -0.25) is 4.99 Å². The molecule has 0 atom stereocenters. The zero-order valence-corrected chi connectivity index (χ0v) is 9.57. The van der Waals surface area contributed by atoms with Crippen molar-refractivity contribution >= 4 is 23.6 Å². The standard InChI is InChI=1S/C10H10F2N2OS/c1-6-3-4-7(11)9(12)8(6)10(13-2)14-15-5-16/h3-5H,1-2H3,(H,13,14). The van der Waals surface area contributed by atoms with E-state index in [9.17, 15) is 8.78 Å². The van der Waals surface area contributed by atoms with Crippen molar-refractivity contribution in [1.29, 1.82) is 0 Å². The Kier molecular flexibility index (Phi) is 4.30. The minimum absolute atomic E-state index is 0.0272. The number of benzene rings is 1. The summed E-state index contributed by atoms with van der Waals surface area (Å²) in [6, 6.07) is 2.51. The molecule has 6 heteroatoms. The summed E-state index contributed by atoms with van der Waals surface area (Å²) in [5.74, 6) is -1.83. The van der Waals surface area contributed by atoms with E-state index in [1.165, 1.54) is 13.1 Å². The van der Waals surface area contributed by atoms with Crippen LogP contribution in [0, 0.1) is 18.6 Å². The summed E-state index contributed by atoms with van der Waals surface area (Å²) in [7, 11) is 1.43. The van der Waals surface area contributed by atoms with E-state index < -0.39 is 11.6 Å². The Hall–Kier alpha value is -1.56. The summed E-state index contributed by atoms with van der Waals surface area (Å²) in [4.78, 5) is 8.38. The van der Waals surface area contributed by atoms with E-state index in [-0.39, 0.29) is 11.4 Å². The van der Waals surface area contributed by atoms with Crippen LogP contribution in [0.1, 0.15) is 11.1 Å². The zero-order chi connectivity index (χ0) is 12.1. The molecule has 0 amide bonds. The fourth-order valence-corrected chi connectivity index (χ4v) is 1.27. The Morgan fingerprint density at radius 1 is 1.50 bits per heavy atom. The van der Waals surface area contributed by atoms with Crippen LogP contribution in [0.25, 0.3) is 0 Å². The lowest BCUT2D eigenvalue weighted by molar-refractivity contribution is 0.268. The molecule has 1 N–H and O–H groups in total. The van der Waals surface area contributed by atoms with E-state index in [0.29, 0.717) is 5.56 Å². The number of aliphatic imine (C=N–C) groups is 1. The van der Waals surface area contributed by atoms with Gasteiger partial charge in [0.05, 0.1) is 5.56 Å². The minimum atomic E-state index is -0.971. The van der Waals surface area contributed by atoms with Crippen molar-refractivity contribution in [1.82, 2.24) is 5.48 Å². The van der Waals surface area contributed by atoms with Gasteiger partial charge in [-0.15, -0.1) is 0 Å². The summed E-state index contributed by atoms with van der Waals surface area (Å²) in [6.45, 7) is 1.64. The first kappa shape index (κ1) is 12.5. The smallest absolute Gasteiger partial charge is 0.182 e. The highest BCUT2D eigenvalue weighted by Gasteiger charge is 2.16. The highest BCUT2D eigenvalue weighted by molar-refractivity contribution is 7.78. The third-order valence-electron chi connectivity index (χ3n) is 1.97. The van der Waals surface area contributed by atoms with Crippen LogP contribution in [0.5, 0.6) is 0 Å². The third kappa shape index (κ3) is 2.52. The molecular weight excluding hydrogens is 234 g/mol. The SMILES string of the molecule is CN=C(NOC=S)c1c(C)ccc(F)c1F. The van der Waals surface area contributed by atoms with E-state index in [1.54, 1.807) is 6.92 Å². The Balaban J connectivity index is 3.19. The van der Waals surface area contributed by atoms with Gasteiger partial charge in [0, 0.05) is 7.05 Å². The van der Waals surface area contributed by atoms with E-state index in [1.807, 2.05) is 0 Å². The van der Waals surface area contributed by atoms with Crippen LogP contribution in [0.2, 0.25) is 0 Å². The number of aryl methyl sites for hydroxylation is 1. The van der Waals surface area contributed by atoms with Crippen molar-refractivity contribution in [3.8, 4) is 0 Å². The van der Waals surface area contributed by atoms with E-state index >= 15 is 0 Å². The molecule has 0 saturated heterocycles. The minimum Gasteiger partial charge on any atom is -0.377 e. The maximum absolute atomic E-state index is 13.5. The van der Waals surface area contributed by atoms with Gasteiger partial charge >= 0.3 is 0 Å². The predicted octanol–water partition coefficient (Wildman–Crippen LogP) is 2.13. The maximum atomic E-state index is 13.5. The number of nitrogens with one attached hydrogen (secondary N) is 1. The second-order valence-corrected chi connectivity index (χ2v) is 3.13. The fraction of sp³-hybridized carbons (Fsp3) is 0.200. The third-order valence-corrected chi connectivity index (χ3v) is 2.06. The summed E-state index contributed by atoms with van der Waals surface area (Å²) in [5, 5.41) is 0. The van der Waals surface area contributed by atoms with Gasteiger partial charge < -0.3 is 4.84 Å². The lowest BCUT2D eigenvalue weighted by Crippen LogP contribution is -2.26. The molecule has 0 aliphatic heterocycles. The quantitative estimate of drug-likeness (QED) is 0.383. The Labute approximate surface area is 97.1 Å². The molecule has 0 aliphatic carbocycles. The second kappa shape index (κ2) is 5.50. The first-order valence-corrected chi connectivity index (χ1v) is 4.86. The average Bonchev–Trinajstić information content (AvgIpc) is 2.28. The first-order chi connectivity index (χ1) is 7.61. The van der Waals surface area contributed by atoms with Crippen molar-refractivity contribution < 1.29 is 13.6 Å². The average molecular weight is 244 g/mol. The largest absolute Gasteiger partial charge is 0.377 e.